The number of aliphatic hydroxyl groups is 1. The van der Waals surface area contributed by atoms with E-state index in [1.807, 2.05) is 0 Å². The molecule has 0 spiro atoms. The largest absolute Gasteiger partial charge is 0.517 e. The van der Waals surface area contributed by atoms with Gasteiger partial charge < -0.3 is 30.9 Å². The molecule has 8 nitrogen and oxygen atoms in total. The van der Waals surface area contributed by atoms with Crippen molar-refractivity contribution >= 4 is 12.2 Å². The van der Waals surface area contributed by atoms with Gasteiger partial charge in [0.1, 0.15) is 5.60 Å². The van der Waals surface area contributed by atoms with Crippen molar-refractivity contribution in [3.63, 3.8) is 0 Å². The number of rotatable bonds is 9. The Morgan fingerprint density at radius 3 is 2.27 bits per heavy atom. The molecule has 0 aliphatic rings. The van der Waals surface area contributed by atoms with Crippen LogP contribution in [0.1, 0.15) is 40.5 Å². The summed E-state index contributed by atoms with van der Waals surface area (Å²) in [6.07, 6.45) is -1.03. The number of ether oxygens (including phenoxy) is 2. The van der Waals surface area contributed by atoms with E-state index >= 15 is 0 Å². The molecule has 0 aliphatic carbocycles. The van der Waals surface area contributed by atoms with Crippen molar-refractivity contribution < 1.29 is 24.2 Å². The summed E-state index contributed by atoms with van der Waals surface area (Å²) in [7, 11) is 0. The number of alkyl carbamates (subject to hydrolysis) is 1. The first-order valence-corrected chi connectivity index (χ1v) is 7.37. The highest BCUT2D eigenvalue weighted by molar-refractivity contribution is 5.80. The number of carbonyl (C=O) groups excluding carboxylic acids is 2. The summed E-state index contributed by atoms with van der Waals surface area (Å²) in [5.41, 5.74) is 3.61. The SMILES string of the molecule is CC(C)(O)CCC(C)(C)OC(=O)OC(=O)NCCNCCN. The molecule has 0 aliphatic heterocycles. The van der Waals surface area contributed by atoms with E-state index in [9.17, 15) is 14.7 Å². The second kappa shape index (κ2) is 9.60. The third-order valence-electron chi connectivity index (χ3n) is 2.77. The van der Waals surface area contributed by atoms with Crippen molar-refractivity contribution in [1.29, 1.82) is 0 Å². The summed E-state index contributed by atoms with van der Waals surface area (Å²) in [4.78, 5) is 22.9. The molecular formula is C14H29N3O5. The Kier molecular flexibility index (Phi) is 9.00. The maximum atomic E-state index is 11.5. The summed E-state index contributed by atoms with van der Waals surface area (Å²) in [6.45, 7) is 8.72. The fraction of sp³-hybridized carbons (Fsp3) is 0.857. The Morgan fingerprint density at radius 2 is 1.73 bits per heavy atom. The van der Waals surface area contributed by atoms with Crippen LogP contribution in [0.5, 0.6) is 0 Å². The minimum absolute atomic E-state index is 0.314. The van der Waals surface area contributed by atoms with E-state index in [0.29, 0.717) is 39.0 Å². The lowest BCUT2D eigenvalue weighted by atomic mass is 9.94. The van der Waals surface area contributed by atoms with Gasteiger partial charge >= 0.3 is 12.2 Å². The highest BCUT2D eigenvalue weighted by atomic mass is 16.8. The zero-order valence-corrected chi connectivity index (χ0v) is 13.9. The number of hydrogen-bond acceptors (Lipinski definition) is 7. The summed E-state index contributed by atoms with van der Waals surface area (Å²) in [6, 6.07) is 0. The van der Waals surface area contributed by atoms with E-state index in [1.54, 1.807) is 27.7 Å². The van der Waals surface area contributed by atoms with Crippen molar-refractivity contribution in [3.8, 4) is 0 Å². The molecule has 0 atom stereocenters. The van der Waals surface area contributed by atoms with Gasteiger partial charge in [0, 0.05) is 26.2 Å². The van der Waals surface area contributed by atoms with Gasteiger partial charge in [-0.15, -0.1) is 0 Å². The molecule has 0 radical (unpaired) electrons. The molecule has 0 saturated carbocycles. The van der Waals surface area contributed by atoms with Gasteiger partial charge in [0.25, 0.3) is 0 Å². The van der Waals surface area contributed by atoms with Crippen LogP contribution in [0.2, 0.25) is 0 Å². The summed E-state index contributed by atoms with van der Waals surface area (Å²) in [5.74, 6) is 0. The predicted octanol–water partition coefficient (Wildman–Crippen LogP) is 0.727. The highest BCUT2D eigenvalue weighted by Crippen LogP contribution is 2.22. The Hall–Kier alpha value is -1.38. The van der Waals surface area contributed by atoms with Crippen LogP contribution < -0.4 is 16.4 Å². The molecule has 5 N–H and O–H groups in total. The Bertz CT molecular complexity index is 353. The third kappa shape index (κ3) is 12.4. The smallest absolute Gasteiger partial charge is 0.428 e. The monoisotopic (exact) mass is 319 g/mol. The normalized spacial score (nSPS) is 11.9. The van der Waals surface area contributed by atoms with Gasteiger partial charge in [-0.25, -0.2) is 9.59 Å². The van der Waals surface area contributed by atoms with Gasteiger partial charge in [-0.3, -0.25) is 0 Å². The van der Waals surface area contributed by atoms with Crippen LogP contribution in [0.3, 0.4) is 0 Å². The lowest BCUT2D eigenvalue weighted by molar-refractivity contribution is -0.0231. The Labute approximate surface area is 131 Å². The van der Waals surface area contributed by atoms with Crippen molar-refractivity contribution in [2.45, 2.75) is 51.7 Å². The quantitative estimate of drug-likeness (QED) is 0.280. The number of carbonyl (C=O) groups is 2. The summed E-state index contributed by atoms with van der Waals surface area (Å²) < 4.78 is 9.58. The van der Waals surface area contributed by atoms with Crippen LogP contribution in [0, 0.1) is 0 Å². The molecule has 0 aromatic heterocycles. The second-order valence-electron chi connectivity index (χ2n) is 6.28. The molecule has 0 rings (SSSR count). The maximum absolute atomic E-state index is 11.5. The van der Waals surface area contributed by atoms with Gasteiger partial charge in [-0.1, -0.05) is 0 Å². The first kappa shape index (κ1) is 20.6. The van der Waals surface area contributed by atoms with E-state index < -0.39 is 23.5 Å². The molecule has 0 fully saturated rings. The Morgan fingerprint density at radius 1 is 1.09 bits per heavy atom. The molecule has 1 amide bonds. The minimum Gasteiger partial charge on any atom is -0.428 e. The van der Waals surface area contributed by atoms with Gasteiger partial charge in [0.05, 0.1) is 5.60 Å². The van der Waals surface area contributed by atoms with Crippen LogP contribution >= 0.6 is 0 Å². The van der Waals surface area contributed by atoms with Gasteiger partial charge in [-0.05, 0) is 40.5 Å². The molecule has 0 heterocycles. The molecule has 8 heteroatoms. The molecule has 22 heavy (non-hydrogen) atoms. The minimum atomic E-state index is -1.06. The standard InChI is InChI=1S/C14H29N3O5/c1-13(2,20)5-6-14(3,4)22-12(19)21-11(18)17-10-9-16-8-7-15/h16,20H,5-10,15H2,1-4H3,(H,17,18). The first-order valence-electron chi connectivity index (χ1n) is 7.37. The Balaban J connectivity index is 3.97. The average Bonchev–Trinajstić information content (AvgIpc) is 2.34. The first-order chi connectivity index (χ1) is 10.1. The van der Waals surface area contributed by atoms with Crippen molar-refractivity contribution in [3.05, 3.63) is 0 Å². The number of hydrogen-bond donors (Lipinski definition) is 4. The maximum Gasteiger partial charge on any atom is 0.517 e. The number of nitrogens with one attached hydrogen (secondary N) is 2. The van der Waals surface area contributed by atoms with Crippen molar-refractivity contribution in [1.82, 2.24) is 10.6 Å². The van der Waals surface area contributed by atoms with Gasteiger partial charge in [0.15, 0.2) is 0 Å². The molecule has 0 saturated heterocycles. The molecule has 0 aromatic rings. The van der Waals surface area contributed by atoms with E-state index in [-0.39, 0.29) is 0 Å². The number of amides is 1. The van der Waals surface area contributed by atoms with E-state index in [1.165, 1.54) is 0 Å². The molecule has 0 bridgehead atoms. The van der Waals surface area contributed by atoms with Crippen molar-refractivity contribution in [2.75, 3.05) is 26.2 Å². The predicted molar refractivity (Wildman–Crippen MR) is 82.5 cm³/mol. The number of nitrogens with two attached hydrogens (primary N) is 1. The molecule has 0 unspecified atom stereocenters. The van der Waals surface area contributed by atoms with Crippen LogP contribution in [0.15, 0.2) is 0 Å². The second-order valence-corrected chi connectivity index (χ2v) is 6.28. The summed E-state index contributed by atoms with van der Waals surface area (Å²) in [5, 5.41) is 15.1. The lowest BCUT2D eigenvalue weighted by Crippen LogP contribution is -2.37. The topological polar surface area (TPSA) is 123 Å². The van der Waals surface area contributed by atoms with Crippen LogP contribution in [-0.2, 0) is 9.47 Å². The zero-order valence-electron chi connectivity index (χ0n) is 13.9. The van der Waals surface area contributed by atoms with E-state index in [4.69, 9.17) is 10.5 Å². The van der Waals surface area contributed by atoms with E-state index in [2.05, 4.69) is 15.4 Å². The highest BCUT2D eigenvalue weighted by Gasteiger charge is 2.28. The molecular weight excluding hydrogens is 290 g/mol. The molecule has 0 aromatic carbocycles. The average molecular weight is 319 g/mol. The van der Waals surface area contributed by atoms with Gasteiger partial charge in [-0.2, -0.15) is 0 Å². The lowest BCUT2D eigenvalue weighted by Gasteiger charge is -2.27. The van der Waals surface area contributed by atoms with Crippen LogP contribution in [0.25, 0.3) is 0 Å². The zero-order chi connectivity index (χ0) is 17.2. The van der Waals surface area contributed by atoms with Crippen LogP contribution in [0.4, 0.5) is 9.59 Å². The fourth-order valence-corrected chi connectivity index (χ4v) is 1.50. The molecule has 130 valence electrons. The van der Waals surface area contributed by atoms with Crippen molar-refractivity contribution in [2.24, 2.45) is 5.73 Å². The fourth-order valence-electron chi connectivity index (χ4n) is 1.50. The van der Waals surface area contributed by atoms with E-state index in [0.717, 1.165) is 0 Å². The van der Waals surface area contributed by atoms with Crippen LogP contribution in [-0.4, -0.2) is 54.7 Å². The summed E-state index contributed by atoms with van der Waals surface area (Å²) >= 11 is 0. The third-order valence-corrected chi connectivity index (χ3v) is 2.77. The van der Waals surface area contributed by atoms with Gasteiger partial charge in [0.2, 0.25) is 0 Å².